The lowest BCUT2D eigenvalue weighted by Crippen LogP contribution is -2.14. The summed E-state index contributed by atoms with van der Waals surface area (Å²) in [5.74, 6) is -2.44. The van der Waals surface area contributed by atoms with Crippen LogP contribution in [-0.4, -0.2) is 22.6 Å². The van der Waals surface area contributed by atoms with E-state index in [9.17, 15) is 8.78 Å². The maximum absolute atomic E-state index is 13.0. The number of hydrogen-bond acceptors (Lipinski definition) is 3. The molecule has 0 bridgehead atoms. The molecule has 0 saturated heterocycles. The number of aromatic nitrogens is 2. The number of alkyl halides is 2. The van der Waals surface area contributed by atoms with Gasteiger partial charge >= 0.3 is 0 Å². The number of hydrogen-bond donors (Lipinski definition) is 1. The fraction of sp³-hybridized carbons (Fsp3) is 0.364. The molecule has 0 atom stereocenters. The number of nitrogen functional groups attached to an aromatic ring is 1. The number of rotatable bonds is 3. The number of fused-ring (bicyclic) bond motifs is 1. The van der Waals surface area contributed by atoms with Crippen LogP contribution in [0.25, 0.3) is 5.52 Å². The number of nitrogens with two attached hydrogens (primary N) is 1. The van der Waals surface area contributed by atoms with Crippen LogP contribution >= 0.6 is 0 Å². The molecule has 0 aliphatic carbocycles. The molecule has 2 heterocycles. The quantitative estimate of drug-likeness (QED) is 0.895. The molecule has 0 radical (unpaired) electrons. The highest BCUT2D eigenvalue weighted by Gasteiger charge is 2.25. The largest absolute Gasteiger partial charge is 0.494 e. The van der Waals surface area contributed by atoms with Gasteiger partial charge in [0.25, 0.3) is 0 Å². The van der Waals surface area contributed by atoms with E-state index in [0.717, 1.165) is 6.92 Å². The Morgan fingerprint density at radius 1 is 1.53 bits per heavy atom. The molecule has 92 valence electrons. The molecule has 0 unspecified atom stereocenters. The molecule has 2 aromatic heterocycles. The lowest BCUT2D eigenvalue weighted by Gasteiger charge is -2.14. The fourth-order valence-corrected chi connectivity index (χ4v) is 1.81. The second kappa shape index (κ2) is 3.87. The van der Waals surface area contributed by atoms with E-state index in [-0.39, 0.29) is 0 Å². The van der Waals surface area contributed by atoms with Crippen molar-refractivity contribution in [3.8, 4) is 5.75 Å². The van der Waals surface area contributed by atoms with E-state index in [1.165, 1.54) is 17.8 Å². The first-order valence-corrected chi connectivity index (χ1v) is 5.09. The van der Waals surface area contributed by atoms with E-state index < -0.39 is 12.3 Å². The molecule has 2 N–H and O–H groups in total. The first-order valence-electron chi connectivity index (χ1n) is 5.09. The Bertz CT molecular complexity index is 545. The van der Waals surface area contributed by atoms with Crippen LogP contribution < -0.4 is 10.5 Å². The Hall–Kier alpha value is -1.85. The minimum atomic E-state index is -2.79. The monoisotopic (exact) mass is 241 g/mol. The van der Waals surface area contributed by atoms with Gasteiger partial charge in [-0.1, -0.05) is 0 Å². The third kappa shape index (κ3) is 2.15. The molecular weight excluding hydrogens is 228 g/mol. The van der Waals surface area contributed by atoms with Crippen LogP contribution in [0, 0.1) is 0 Å². The molecule has 0 amide bonds. The van der Waals surface area contributed by atoms with E-state index in [1.807, 2.05) is 0 Å². The summed E-state index contributed by atoms with van der Waals surface area (Å²) in [7, 11) is 1.43. The minimum absolute atomic E-state index is 0.351. The topological polar surface area (TPSA) is 52.5 Å². The van der Waals surface area contributed by atoms with Gasteiger partial charge in [-0.05, 0) is 13.0 Å². The zero-order chi connectivity index (χ0) is 12.6. The van der Waals surface area contributed by atoms with Crippen molar-refractivity contribution in [1.29, 1.82) is 0 Å². The van der Waals surface area contributed by atoms with Crippen LogP contribution in [0.5, 0.6) is 5.75 Å². The Labute approximate surface area is 97.0 Å². The van der Waals surface area contributed by atoms with Gasteiger partial charge in [-0.25, -0.2) is 13.3 Å². The lowest BCUT2D eigenvalue weighted by molar-refractivity contribution is 0.0221. The van der Waals surface area contributed by atoms with Gasteiger partial charge in [-0.15, -0.1) is 0 Å². The van der Waals surface area contributed by atoms with E-state index >= 15 is 0 Å². The van der Waals surface area contributed by atoms with Crippen LogP contribution in [0.4, 0.5) is 14.5 Å². The molecule has 0 fully saturated rings. The van der Waals surface area contributed by atoms with Gasteiger partial charge in [0, 0.05) is 18.2 Å². The summed E-state index contributed by atoms with van der Waals surface area (Å²) < 4.78 is 32.8. The van der Waals surface area contributed by atoms with Crippen molar-refractivity contribution < 1.29 is 13.5 Å². The number of nitrogens with zero attached hydrogens (tertiary/aromatic N) is 2. The zero-order valence-electron chi connectivity index (χ0n) is 9.58. The maximum Gasteiger partial charge on any atom is 0.249 e. The van der Waals surface area contributed by atoms with Crippen LogP contribution in [0.1, 0.15) is 12.5 Å². The molecule has 0 spiro atoms. The SMILES string of the molecule is COc1c(CC(C)(F)F)ccn2ncc(N)c12. The number of methoxy groups -OCH3 is 1. The van der Waals surface area contributed by atoms with Crippen molar-refractivity contribution in [2.24, 2.45) is 0 Å². The van der Waals surface area contributed by atoms with Crippen molar-refractivity contribution in [3.63, 3.8) is 0 Å². The zero-order valence-corrected chi connectivity index (χ0v) is 9.58. The van der Waals surface area contributed by atoms with Crippen LogP contribution in [-0.2, 0) is 6.42 Å². The molecule has 0 aliphatic heterocycles. The van der Waals surface area contributed by atoms with E-state index in [4.69, 9.17) is 10.5 Å². The van der Waals surface area contributed by atoms with Crippen LogP contribution in [0.2, 0.25) is 0 Å². The normalized spacial score (nSPS) is 12.0. The molecule has 2 aromatic rings. The van der Waals surface area contributed by atoms with Gasteiger partial charge in [-0.3, -0.25) is 0 Å². The van der Waals surface area contributed by atoms with Crippen molar-refractivity contribution in [2.45, 2.75) is 19.3 Å². The first-order chi connectivity index (χ1) is 7.92. The summed E-state index contributed by atoms with van der Waals surface area (Å²) in [5.41, 5.74) is 7.08. The van der Waals surface area contributed by atoms with Crippen LogP contribution in [0.3, 0.4) is 0 Å². The van der Waals surface area contributed by atoms with Gasteiger partial charge in [0.15, 0.2) is 0 Å². The molecule has 6 heteroatoms. The predicted molar refractivity (Wildman–Crippen MR) is 60.5 cm³/mol. The van der Waals surface area contributed by atoms with E-state index in [2.05, 4.69) is 5.10 Å². The van der Waals surface area contributed by atoms with E-state index in [0.29, 0.717) is 22.5 Å². The van der Waals surface area contributed by atoms with Gasteiger partial charge in [0.2, 0.25) is 5.92 Å². The standard InChI is InChI=1S/C11H13F2N3O/c1-11(12,13)5-7-3-4-16-9(10(7)17-2)8(14)6-15-16/h3-4,6H,5,14H2,1-2H3. The number of pyridine rings is 1. The highest BCUT2D eigenvalue weighted by atomic mass is 19.3. The average molecular weight is 241 g/mol. The first kappa shape index (κ1) is 11.6. The summed E-state index contributed by atoms with van der Waals surface area (Å²) in [6, 6.07) is 1.57. The van der Waals surface area contributed by atoms with Gasteiger partial charge in [0.1, 0.15) is 11.3 Å². The maximum atomic E-state index is 13.0. The predicted octanol–water partition coefficient (Wildman–Crippen LogP) is 2.12. The van der Waals surface area contributed by atoms with E-state index in [1.54, 1.807) is 12.3 Å². The van der Waals surface area contributed by atoms with Crippen molar-refractivity contribution in [3.05, 3.63) is 24.0 Å². The third-order valence-electron chi connectivity index (χ3n) is 2.45. The Kier molecular flexibility index (Phi) is 2.65. The summed E-state index contributed by atoms with van der Waals surface area (Å²) in [5, 5.41) is 3.99. The molecule has 4 nitrogen and oxygen atoms in total. The van der Waals surface area contributed by atoms with Crippen LogP contribution in [0.15, 0.2) is 18.5 Å². The van der Waals surface area contributed by atoms with Crippen molar-refractivity contribution in [2.75, 3.05) is 12.8 Å². The van der Waals surface area contributed by atoms with Crippen molar-refractivity contribution in [1.82, 2.24) is 9.61 Å². The summed E-state index contributed by atoms with van der Waals surface area (Å²) >= 11 is 0. The molecule has 2 rings (SSSR count). The molecule has 0 saturated carbocycles. The highest BCUT2D eigenvalue weighted by Crippen LogP contribution is 2.32. The third-order valence-corrected chi connectivity index (χ3v) is 2.45. The molecule has 17 heavy (non-hydrogen) atoms. The Balaban J connectivity index is 2.60. The summed E-state index contributed by atoms with van der Waals surface area (Å²) in [6.07, 6.45) is 2.66. The lowest BCUT2D eigenvalue weighted by atomic mass is 10.1. The number of ether oxygens (including phenoxy) is 1. The second-order valence-electron chi connectivity index (χ2n) is 4.01. The summed E-state index contributed by atoms with van der Waals surface area (Å²) in [4.78, 5) is 0. The van der Waals surface area contributed by atoms with Gasteiger partial charge < -0.3 is 10.5 Å². The average Bonchev–Trinajstić information content (AvgIpc) is 2.58. The Morgan fingerprint density at radius 2 is 2.24 bits per heavy atom. The smallest absolute Gasteiger partial charge is 0.249 e. The fourth-order valence-electron chi connectivity index (χ4n) is 1.81. The van der Waals surface area contributed by atoms with Gasteiger partial charge in [-0.2, -0.15) is 5.10 Å². The highest BCUT2D eigenvalue weighted by molar-refractivity contribution is 5.77. The molecule has 0 aromatic carbocycles. The summed E-state index contributed by atoms with van der Waals surface area (Å²) in [6.45, 7) is 0.871. The van der Waals surface area contributed by atoms with Crippen molar-refractivity contribution >= 4 is 11.2 Å². The number of halogens is 2. The number of anilines is 1. The second-order valence-corrected chi connectivity index (χ2v) is 4.01. The molecular formula is C11H13F2N3O. The minimum Gasteiger partial charge on any atom is -0.494 e. The van der Waals surface area contributed by atoms with Gasteiger partial charge in [0.05, 0.1) is 19.0 Å². The molecule has 0 aliphatic rings. The Morgan fingerprint density at radius 3 is 2.82 bits per heavy atom.